The Labute approximate surface area is 129 Å². The molecule has 6 heteroatoms. The molecule has 116 valence electrons. The van der Waals surface area contributed by atoms with E-state index in [1.165, 1.54) is 11.0 Å². The fourth-order valence-electron chi connectivity index (χ4n) is 2.32. The number of nitrogens with zero attached hydrogens (tertiary/aromatic N) is 1. The summed E-state index contributed by atoms with van der Waals surface area (Å²) in [5.74, 6) is -0.441. The van der Waals surface area contributed by atoms with E-state index in [1.807, 2.05) is 0 Å². The van der Waals surface area contributed by atoms with Gasteiger partial charge in [-0.15, -0.1) is 0 Å². The van der Waals surface area contributed by atoms with Crippen molar-refractivity contribution in [3.8, 4) is 0 Å². The second-order valence-electron chi connectivity index (χ2n) is 6.25. The largest absolute Gasteiger partial charge is 0.444 e. The first-order valence-electron chi connectivity index (χ1n) is 6.88. The van der Waals surface area contributed by atoms with Gasteiger partial charge in [0.25, 0.3) is 0 Å². The highest BCUT2D eigenvalue weighted by Crippen LogP contribution is 2.30. The molecular formula is C15H20ClFN2O2. The molecule has 0 aliphatic carbocycles. The normalized spacial score (nSPS) is 19.0. The summed E-state index contributed by atoms with van der Waals surface area (Å²) >= 11 is 5.89. The van der Waals surface area contributed by atoms with E-state index in [0.717, 1.165) is 0 Å². The number of carbonyl (C=O) groups is 1. The smallest absolute Gasteiger partial charge is 0.410 e. The van der Waals surface area contributed by atoms with Gasteiger partial charge in [0.2, 0.25) is 0 Å². The van der Waals surface area contributed by atoms with E-state index < -0.39 is 17.5 Å². The lowest BCUT2D eigenvalue weighted by Gasteiger charge is -2.26. The summed E-state index contributed by atoms with van der Waals surface area (Å²) in [4.78, 5) is 13.7. The van der Waals surface area contributed by atoms with E-state index in [2.05, 4.69) is 0 Å². The van der Waals surface area contributed by atoms with Crippen molar-refractivity contribution in [3.05, 3.63) is 34.1 Å². The maximum atomic E-state index is 14.1. The van der Waals surface area contributed by atoms with E-state index in [-0.39, 0.29) is 12.6 Å². The summed E-state index contributed by atoms with van der Waals surface area (Å²) in [7, 11) is 0. The van der Waals surface area contributed by atoms with Crippen molar-refractivity contribution in [1.82, 2.24) is 4.90 Å². The van der Waals surface area contributed by atoms with Crippen molar-refractivity contribution in [2.45, 2.75) is 45.4 Å². The third-order valence-electron chi connectivity index (χ3n) is 3.30. The van der Waals surface area contributed by atoms with Gasteiger partial charge < -0.3 is 15.4 Å². The Bertz CT molecular complexity index is 557. The molecule has 1 atom stereocenters. The second-order valence-corrected chi connectivity index (χ2v) is 6.69. The quantitative estimate of drug-likeness (QED) is 0.795. The lowest BCUT2D eigenvalue weighted by Crippen LogP contribution is -2.36. The number of fused-ring (bicyclic) bond motifs is 1. The molecule has 2 rings (SSSR count). The SMILES string of the molecule is CC(C)(C)OC(=O)N1CCC(N)c2cc(Cl)cc(F)c2C1. The molecule has 4 nitrogen and oxygen atoms in total. The van der Waals surface area contributed by atoms with Gasteiger partial charge in [-0.1, -0.05) is 11.6 Å². The minimum absolute atomic E-state index is 0.140. The minimum atomic E-state index is -0.590. The summed E-state index contributed by atoms with van der Waals surface area (Å²) in [6.07, 6.45) is 0.0726. The van der Waals surface area contributed by atoms with Crippen LogP contribution in [0.1, 0.15) is 44.4 Å². The Morgan fingerprint density at radius 3 is 2.76 bits per heavy atom. The van der Waals surface area contributed by atoms with Crippen molar-refractivity contribution in [2.24, 2.45) is 5.73 Å². The predicted octanol–water partition coefficient (Wildman–Crippen LogP) is 3.62. The third-order valence-corrected chi connectivity index (χ3v) is 3.52. The van der Waals surface area contributed by atoms with Crippen LogP contribution in [0.25, 0.3) is 0 Å². The monoisotopic (exact) mass is 314 g/mol. The number of carbonyl (C=O) groups excluding carboxylic acids is 1. The lowest BCUT2D eigenvalue weighted by atomic mass is 10.00. The van der Waals surface area contributed by atoms with Crippen molar-refractivity contribution >= 4 is 17.7 Å². The van der Waals surface area contributed by atoms with Crippen molar-refractivity contribution in [2.75, 3.05) is 6.54 Å². The zero-order valence-corrected chi connectivity index (χ0v) is 13.2. The first-order valence-corrected chi connectivity index (χ1v) is 7.26. The Morgan fingerprint density at radius 2 is 2.14 bits per heavy atom. The van der Waals surface area contributed by atoms with Crippen LogP contribution in [0.2, 0.25) is 5.02 Å². The first kappa shape index (κ1) is 16.0. The van der Waals surface area contributed by atoms with E-state index in [1.54, 1.807) is 26.8 Å². The van der Waals surface area contributed by atoms with E-state index >= 15 is 0 Å². The molecule has 0 saturated heterocycles. The molecule has 2 N–H and O–H groups in total. The van der Waals surface area contributed by atoms with Gasteiger partial charge in [0, 0.05) is 23.2 Å². The Kier molecular flexibility index (Phi) is 4.44. The van der Waals surface area contributed by atoms with Crippen LogP contribution in [0.5, 0.6) is 0 Å². The number of ether oxygens (including phenoxy) is 1. The van der Waals surface area contributed by atoms with E-state index in [0.29, 0.717) is 29.1 Å². The molecule has 0 aromatic heterocycles. The standard InChI is InChI=1S/C15H20ClFN2O2/c1-15(2,3)21-14(20)19-5-4-13(18)10-6-9(16)7-12(17)11(10)8-19/h6-7,13H,4-5,8,18H2,1-3H3. The molecule has 1 aromatic carbocycles. The molecule has 0 fully saturated rings. The van der Waals surface area contributed by atoms with Crippen LogP contribution in [-0.4, -0.2) is 23.1 Å². The highest BCUT2D eigenvalue weighted by molar-refractivity contribution is 6.30. The maximum absolute atomic E-state index is 14.1. The summed E-state index contributed by atoms with van der Waals surface area (Å²) in [5, 5.41) is 0.312. The number of hydrogen-bond donors (Lipinski definition) is 1. The van der Waals surface area contributed by atoms with Crippen molar-refractivity contribution in [3.63, 3.8) is 0 Å². The average Bonchev–Trinajstić information content (AvgIpc) is 2.48. The number of benzene rings is 1. The topological polar surface area (TPSA) is 55.6 Å². The number of halogens is 2. The van der Waals surface area contributed by atoms with Gasteiger partial charge >= 0.3 is 6.09 Å². The van der Waals surface area contributed by atoms with Gasteiger partial charge in [-0.25, -0.2) is 9.18 Å². The molecule has 0 radical (unpaired) electrons. The van der Waals surface area contributed by atoms with E-state index in [9.17, 15) is 9.18 Å². The summed E-state index contributed by atoms with van der Waals surface area (Å²) in [6.45, 7) is 5.94. The molecular weight excluding hydrogens is 295 g/mol. The van der Waals surface area contributed by atoms with Gasteiger partial charge in [-0.2, -0.15) is 0 Å². The van der Waals surface area contributed by atoms with Crippen molar-refractivity contribution < 1.29 is 13.9 Å². The van der Waals surface area contributed by atoms with Crippen LogP contribution in [0.15, 0.2) is 12.1 Å². The van der Waals surface area contributed by atoms with Crippen LogP contribution in [0, 0.1) is 5.82 Å². The molecule has 0 spiro atoms. The summed E-state index contributed by atoms with van der Waals surface area (Å²) in [5.41, 5.74) is 6.55. The highest BCUT2D eigenvalue weighted by Gasteiger charge is 2.28. The fourth-order valence-corrected chi connectivity index (χ4v) is 2.54. The van der Waals surface area contributed by atoms with Crippen LogP contribution in [0.3, 0.4) is 0 Å². The van der Waals surface area contributed by atoms with Gasteiger partial charge in [0.1, 0.15) is 11.4 Å². The van der Waals surface area contributed by atoms with Gasteiger partial charge in [0.05, 0.1) is 6.54 Å². The Balaban J connectivity index is 2.29. The molecule has 1 aliphatic heterocycles. The molecule has 0 bridgehead atoms. The predicted molar refractivity (Wildman–Crippen MR) is 79.6 cm³/mol. The molecule has 1 amide bonds. The van der Waals surface area contributed by atoms with Gasteiger partial charge in [0.15, 0.2) is 0 Å². The second kappa shape index (κ2) is 5.81. The number of hydrogen-bond acceptors (Lipinski definition) is 3. The maximum Gasteiger partial charge on any atom is 0.410 e. The fraction of sp³-hybridized carbons (Fsp3) is 0.533. The summed E-state index contributed by atoms with van der Waals surface area (Å²) < 4.78 is 19.5. The van der Waals surface area contributed by atoms with Crippen LogP contribution in [-0.2, 0) is 11.3 Å². The minimum Gasteiger partial charge on any atom is -0.444 e. The van der Waals surface area contributed by atoms with Crippen LogP contribution < -0.4 is 5.73 Å². The average molecular weight is 315 g/mol. The first-order chi connectivity index (χ1) is 9.67. The molecule has 1 aromatic rings. The lowest BCUT2D eigenvalue weighted by molar-refractivity contribution is 0.0233. The van der Waals surface area contributed by atoms with Crippen LogP contribution >= 0.6 is 11.6 Å². The molecule has 0 saturated carbocycles. The number of amides is 1. The molecule has 1 aliphatic rings. The van der Waals surface area contributed by atoms with Crippen LogP contribution in [0.4, 0.5) is 9.18 Å². The third kappa shape index (κ3) is 3.86. The van der Waals surface area contributed by atoms with E-state index in [4.69, 9.17) is 22.1 Å². The molecule has 1 unspecified atom stereocenters. The molecule has 1 heterocycles. The number of nitrogens with two attached hydrogens (primary N) is 1. The summed E-state index contributed by atoms with van der Waals surface area (Å²) in [6, 6.07) is 2.57. The zero-order valence-electron chi connectivity index (χ0n) is 12.5. The Morgan fingerprint density at radius 1 is 1.48 bits per heavy atom. The van der Waals surface area contributed by atoms with Gasteiger partial charge in [-0.3, -0.25) is 0 Å². The number of rotatable bonds is 0. The molecule has 21 heavy (non-hydrogen) atoms. The Hall–Kier alpha value is -1.33. The zero-order chi connectivity index (χ0) is 15.8. The van der Waals surface area contributed by atoms with Gasteiger partial charge in [-0.05, 0) is 44.9 Å². The van der Waals surface area contributed by atoms with Crippen molar-refractivity contribution in [1.29, 1.82) is 0 Å². The highest BCUT2D eigenvalue weighted by atomic mass is 35.5.